The summed E-state index contributed by atoms with van der Waals surface area (Å²) in [5, 5.41) is 9.84. The first-order valence-corrected chi connectivity index (χ1v) is 10.4. The quantitative estimate of drug-likeness (QED) is 0.657. The summed E-state index contributed by atoms with van der Waals surface area (Å²) in [7, 11) is 3.27. The largest absolute Gasteiger partial charge is 0.492 e. The first kappa shape index (κ1) is 22.4. The van der Waals surface area contributed by atoms with Crippen LogP contribution in [0.4, 0.5) is 10.5 Å². The number of urea groups is 1. The van der Waals surface area contributed by atoms with Gasteiger partial charge in [-0.25, -0.2) is 4.79 Å². The molecule has 3 amide bonds. The van der Waals surface area contributed by atoms with E-state index in [0.29, 0.717) is 55.7 Å². The normalized spacial score (nSPS) is 14.2. The molecule has 0 atom stereocenters. The molecule has 10 nitrogen and oxygen atoms in total. The van der Waals surface area contributed by atoms with Gasteiger partial charge in [-0.05, 0) is 19.1 Å². The zero-order chi connectivity index (χ0) is 22.2. The minimum absolute atomic E-state index is 0.0740. The van der Waals surface area contributed by atoms with Crippen molar-refractivity contribution < 1.29 is 19.1 Å². The van der Waals surface area contributed by atoms with Gasteiger partial charge in [-0.15, -0.1) is 5.10 Å². The van der Waals surface area contributed by atoms with E-state index in [1.54, 1.807) is 28.9 Å². The summed E-state index contributed by atoms with van der Waals surface area (Å²) in [6.45, 7) is 6.36. The third-order valence-electron chi connectivity index (χ3n) is 5.03. The molecule has 0 spiro atoms. The SMILES string of the molecule is CCOc1ccccc1NC(=O)NCCN1CCN(C(=O)c2cn(C)nc2OC)CC1. The molecule has 1 fully saturated rings. The van der Waals surface area contributed by atoms with Gasteiger partial charge in [0.25, 0.3) is 5.91 Å². The van der Waals surface area contributed by atoms with E-state index in [1.165, 1.54) is 7.11 Å². The molecule has 31 heavy (non-hydrogen) atoms. The van der Waals surface area contributed by atoms with Gasteiger partial charge >= 0.3 is 6.03 Å². The molecule has 1 aliphatic rings. The Balaban J connectivity index is 1.40. The minimum Gasteiger partial charge on any atom is -0.492 e. The van der Waals surface area contributed by atoms with E-state index < -0.39 is 0 Å². The molecule has 168 valence electrons. The van der Waals surface area contributed by atoms with Gasteiger partial charge in [-0.2, -0.15) is 0 Å². The smallest absolute Gasteiger partial charge is 0.319 e. The van der Waals surface area contributed by atoms with Crippen LogP contribution in [0.2, 0.25) is 0 Å². The first-order valence-electron chi connectivity index (χ1n) is 10.4. The summed E-state index contributed by atoms with van der Waals surface area (Å²) >= 11 is 0. The Morgan fingerprint density at radius 3 is 2.61 bits per heavy atom. The summed E-state index contributed by atoms with van der Waals surface area (Å²) in [5.74, 6) is 0.914. The van der Waals surface area contributed by atoms with Crippen molar-refractivity contribution in [2.75, 3.05) is 58.3 Å². The zero-order valence-electron chi connectivity index (χ0n) is 18.3. The van der Waals surface area contributed by atoms with Gasteiger partial charge in [0.2, 0.25) is 5.88 Å². The van der Waals surface area contributed by atoms with Crippen LogP contribution in [0.15, 0.2) is 30.5 Å². The Morgan fingerprint density at radius 2 is 1.90 bits per heavy atom. The standard InChI is InChI=1S/C21H30N6O4/c1-4-31-18-8-6-5-7-17(18)23-21(29)22-9-10-26-11-13-27(14-12-26)20(28)16-15-25(2)24-19(16)30-3/h5-8,15H,4,9-14H2,1-3H3,(H2,22,23,29). The lowest BCUT2D eigenvalue weighted by atomic mass is 10.2. The highest BCUT2D eigenvalue weighted by Crippen LogP contribution is 2.23. The van der Waals surface area contributed by atoms with Crippen LogP contribution in [0.25, 0.3) is 0 Å². The molecule has 0 saturated carbocycles. The number of nitrogens with one attached hydrogen (secondary N) is 2. The second-order valence-electron chi connectivity index (χ2n) is 7.17. The van der Waals surface area contributed by atoms with E-state index >= 15 is 0 Å². The first-order chi connectivity index (χ1) is 15.0. The Labute approximate surface area is 182 Å². The maximum atomic E-state index is 12.7. The van der Waals surface area contributed by atoms with Crippen LogP contribution in [-0.2, 0) is 7.05 Å². The number of nitrogens with zero attached hydrogens (tertiary/aromatic N) is 4. The van der Waals surface area contributed by atoms with Gasteiger partial charge in [0.15, 0.2) is 0 Å². The lowest BCUT2D eigenvalue weighted by Gasteiger charge is -2.34. The molecule has 1 saturated heterocycles. The monoisotopic (exact) mass is 430 g/mol. The molecular weight excluding hydrogens is 400 g/mol. The van der Waals surface area contributed by atoms with Gasteiger partial charge < -0.3 is 25.0 Å². The number of anilines is 1. The van der Waals surface area contributed by atoms with E-state index in [1.807, 2.05) is 25.1 Å². The number of hydrogen-bond donors (Lipinski definition) is 2. The van der Waals surface area contributed by atoms with Crippen LogP contribution < -0.4 is 20.1 Å². The van der Waals surface area contributed by atoms with Crippen LogP contribution in [0.1, 0.15) is 17.3 Å². The molecule has 0 unspecified atom stereocenters. The van der Waals surface area contributed by atoms with Crippen molar-refractivity contribution in [1.29, 1.82) is 0 Å². The molecule has 1 aromatic carbocycles. The van der Waals surface area contributed by atoms with E-state index in [0.717, 1.165) is 13.1 Å². The molecular formula is C21H30N6O4. The highest BCUT2D eigenvalue weighted by molar-refractivity contribution is 5.96. The van der Waals surface area contributed by atoms with E-state index in [4.69, 9.17) is 9.47 Å². The predicted molar refractivity (Wildman–Crippen MR) is 117 cm³/mol. The number of rotatable bonds is 8. The Hall–Kier alpha value is -3.27. The Bertz CT molecular complexity index is 892. The fourth-order valence-electron chi connectivity index (χ4n) is 3.46. The van der Waals surface area contributed by atoms with Gasteiger partial charge in [0.05, 0.1) is 19.4 Å². The number of para-hydroxylation sites is 2. The number of hydrogen-bond acceptors (Lipinski definition) is 6. The van der Waals surface area contributed by atoms with E-state index in [-0.39, 0.29) is 11.9 Å². The average molecular weight is 431 g/mol. The van der Waals surface area contributed by atoms with Crippen LogP contribution >= 0.6 is 0 Å². The van der Waals surface area contributed by atoms with Crippen molar-refractivity contribution >= 4 is 17.6 Å². The number of piperazine rings is 1. The highest BCUT2D eigenvalue weighted by Gasteiger charge is 2.26. The number of methoxy groups -OCH3 is 1. The third kappa shape index (κ3) is 5.88. The van der Waals surface area contributed by atoms with Gasteiger partial charge in [-0.1, -0.05) is 12.1 Å². The second kappa shape index (κ2) is 10.7. The topological polar surface area (TPSA) is 101 Å². The summed E-state index contributed by atoms with van der Waals surface area (Å²) in [6, 6.07) is 7.06. The van der Waals surface area contributed by atoms with Gasteiger partial charge in [0.1, 0.15) is 11.3 Å². The zero-order valence-corrected chi connectivity index (χ0v) is 18.3. The van der Waals surface area contributed by atoms with Crippen LogP contribution in [0.5, 0.6) is 11.6 Å². The number of ether oxygens (including phenoxy) is 2. The Morgan fingerprint density at radius 1 is 1.16 bits per heavy atom. The Kier molecular flexibility index (Phi) is 7.71. The lowest BCUT2D eigenvalue weighted by Crippen LogP contribution is -2.50. The molecule has 2 aromatic rings. The van der Waals surface area contributed by atoms with Crippen molar-refractivity contribution in [1.82, 2.24) is 24.9 Å². The van der Waals surface area contributed by atoms with E-state index in [9.17, 15) is 9.59 Å². The third-order valence-corrected chi connectivity index (χ3v) is 5.03. The molecule has 0 bridgehead atoms. The molecule has 1 aliphatic heterocycles. The van der Waals surface area contributed by atoms with Crippen molar-refractivity contribution in [3.8, 4) is 11.6 Å². The lowest BCUT2D eigenvalue weighted by molar-refractivity contribution is 0.0636. The average Bonchev–Trinajstić information content (AvgIpc) is 3.16. The number of aromatic nitrogens is 2. The van der Waals surface area contributed by atoms with Gasteiger partial charge in [-0.3, -0.25) is 14.4 Å². The van der Waals surface area contributed by atoms with Crippen LogP contribution in [-0.4, -0.2) is 84.5 Å². The number of amides is 3. The van der Waals surface area contributed by atoms with Gasteiger partial charge in [0, 0.05) is 52.5 Å². The fourth-order valence-corrected chi connectivity index (χ4v) is 3.46. The summed E-state index contributed by atoms with van der Waals surface area (Å²) in [4.78, 5) is 29.0. The number of aryl methyl sites for hydroxylation is 1. The molecule has 1 aromatic heterocycles. The van der Waals surface area contributed by atoms with Crippen LogP contribution in [0.3, 0.4) is 0 Å². The summed E-state index contributed by atoms with van der Waals surface area (Å²) in [5.41, 5.74) is 1.11. The predicted octanol–water partition coefficient (Wildman–Crippen LogP) is 1.41. The van der Waals surface area contributed by atoms with E-state index in [2.05, 4.69) is 20.6 Å². The van der Waals surface area contributed by atoms with Crippen molar-refractivity contribution in [3.63, 3.8) is 0 Å². The number of carbonyl (C=O) groups excluding carboxylic acids is 2. The molecule has 2 N–H and O–H groups in total. The molecule has 2 heterocycles. The second-order valence-corrected chi connectivity index (χ2v) is 7.17. The fraction of sp³-hybridized carbons (Fsp3) is 0.476. The van der Waals surface area contributed by atoms with Crippen LogP contribution in [0, 0.1) is 0 Å². The van der Waals surface area contributed by atoms with Crippen molar-refractivity contribution in [2.24, 2.45) is 7.05 Å². The number of carbonyl (C=O) groups is 2. The highest BCUT2D eigenvalue weighted by atomic mass is 16.5. The molecule has 3 rings (SSSR count). The molecule has 0 radical (unpaired) electrons. The molecule has 10 heteroatoms. The maximum absolute atomic E-state index is 12.7. The van der Waals surface area contributed by atoms with Crippen molar-refractivity contribution in [3.05, 3.63) is 36.0 Å². The van der Waals surface area contributed by atoms with Crippen molar-refractivity contribution in [2.45, 2.75) is 6.92 Å². The number of benzene rings is 1. The molecule has 0 aliphatic carbocycles. The maximum Gasteiger partial charge on any atom is 0.319 e. The summed E-state index contributed by atoms with van der Waals surface area (Å²) < 4.78 is 12.3. The summed E-state index contributed by atoms with van der Waals surface area (Å²) in [6.07, 6.45) is 1.68. The minimum atomic E-state index is -0.273.